The van der Waals surface area contributed by atoms with Gasteiger partial charge in [0.15, 0.2) is 0 Å². The van der Waals surface area contributed by atoms with Crippen LogP contribution in [0.2, 0.25) is 5.02 Å². The zero-order valence-corrected chi connectivity index (χ0v) is 11.7. The number of hydrogen-bond acceptors (Lipinski definition) is 1. The van der Waals surface area contributed by atoms with E-state index in [9.17, 15) is 4.39 Å². The normalized spacial score (nSPS) is 13.1. The molecule has 0 bridgehead atoms. The van der Waals surface area contributed by atoms with E-state index in [1.807, 2.05) is 0 Å². The van der Waals surface area contributed by atoms with Gasteiger partial charge < -0.3 is 5.32 Å². The van der Waals surface area contributed by atoms with E-state index in [-0.39, 0.29) is 10.8 Å². The maximum Gasteiger partial charge on any atom is 0.141 e. The highest BCUT2D eigenvalue weighted by atomic mass is 35.5. The summed E-state index contributed by atoms with van der Waals surface area (Å²) in [7, 11) is 0. The SMILES string of the molecule is CC(C)C(CCCl)NCc1ccc(F)c(Cl)c1. The standard InChI is InChI=1S/C13H18Cl2FN/c1-9(2)13(5-6-14)17-8-10-3-4-12(16)11(15)7-10/h3-4,7,9,13,17H,5-6,8H2,1-2H3. The van der Waals surface area contributed by atoms with Gasteiger partial charge in [0.2, 0.25) is 0 Å². The third-order valence-corrected chi connectivity index (χ3v) is 3.29. The molecule has 0 saturated heterocycles. The molecule has 1 N–H and O–H groups in total. The molecular formula is C13H18Cl2FN. The second kappa shape index (κ2) is 7.20. The first-order valence-electron chi connectivity index (χ1n) is 5.78. The molecule has 0 aliphatic heterocycles. The zero-order valence-electron chi connectivity index (χ0n) is 10.1. The molecule has 1 aromatic carbocycles. The Morgan fingerprint density at radius 3 is 2.59 bits per heavy atom. The van der Waals surface area contributed by atoms with Crippen molar-refractivity contribution in [1.82, 2.24) is 5.32 Å². The van der Waals surface area contributed by atoms with Crippen LogP contribution in [0.15, 0.2) is 18.2 Å². The number of rotatable bonds is 6. The van der Waals surface area contributed by atoms with E-state index in [1.165, 1.54) is 6.07 Å². The number of halogens is 3. The maximum absolute atomic E-state index is 13.0. The Balaban J connectivity index is 2.56. The smallest absolute Gasteiger partial charge is 0.141 e. The van der Waals surface area contributed by atoms with Gasteiger partial charge in [0.1, 0.15) is 5.82 Å². The fourth-order valence-corrected chi connectivity index (χ4v) is 2.13. The molecule has 1 atom stereocenters. The summed E-state index contributed by atoms with van der Waals surface area (Å²) in [5.41, 5.74) is 0.983. The minimum absolute atomic E-state index is 0.169. The van der Waals surface area contributed by atoms with E-state index < -0.39 is 0 Å². The number of nitrogens with one attached hydrogen (secondary N) is 1. The molecule has 0 radical (unpaired) electrons. The highest BCUT2D eigenvalue weighted by molar-refractivity contribution is 6.30. The Labute approximate surface area is 112 Å². The van der Waals surface area contributed by atoms with Crippen LogP contribution in [0.3, 0.4) is 0 Å². The maximum atomic E-state index is 13.0. The van der Waals surface area contributed by atoms with Crippen LogP contribution in [-0.4, -0.2) is 11.9 Å². The Morgan fingerprint density at radius 1 is 1.35 bits per heavy atom. The summed E-state index contributed by atoms with van der Waals surface area (Å²) < 4.78 is 13.0. The minimum atomic E-state index is -0.378. The van der Waals surface area contributed by atoms with Crippen LogP contribution in [0.5, 0.6) is 0 Å². The van der Waals surface area contributed by atoms with Crippen molar-refractivity contribution in [2.24, 2.45) is 5.92 Å². The quantitative estimate of drug-likeness (QED) is 0.768. The summed E-state index contributed by atoms with van der Waals surface area (Å²) in [4.78, 5) is 0. The third kappa shape index (κ3) is 4.82. The lowest BCUT2D eigenvalue weighted by Crippen LogP contribution is -2.33. The average molecular weight is 278 g/mol. The van der Waals surface area contributed by atoms with Crippen molar-refractivity contribution >= 4 is 23.2 Å². The molecule has 0 fully saturated rings. The van der Waals surface area contributed by atoms with Crippen LogP contribution in [-0.2, 0) is 6.54 Å². The Morgan fingerprint density at radius 2 is 2.06 bits per heavy atom. The van der Waals surface area contributed by atoms with Crippen LogP contribution in [0.25, 0.3) is 0 Å². The molecule has 0 amide bonds. The van der Waals surface area contributed by atoms with Crippen LogP contribution in [0, 0.1) is 11.7 Å². The molecule has 1 unspecified atom stereocenters. The molecule has 1 nitrogen and oxygen atoms in total. The van der Waals surface area contributed by atoms with E-state index in [1.54, 1.807) is 12.1 Å². The topological polar surface area (TPSA) is 12.0 Å². The lowest BCUT2D eigenvalue weighted by atomic mass is 10.0. The van der Waals surface area contributed by atoms with Gasteiger partial charge in [-0.25, -0.2) is 4.39 Å². The number of benzene rings is 1. The monoisotopic (exact) mass is 277 g/mol. The first-order chi connectivity index (χ1) is 8.04. The first kappa shape index (κ1) is 14.7. The Hall–Kier alpha value is -0.310. The largest absolute Gasteiger partial charge is 0.310 e. The van der Waals surface area contributed by atoms with Crippen molar-refractivity contribution in [2.45, 2.75) is 32.9 Å². The minimum Gasteiger partial charge on any atom is -0.310 e. The summed E-state index contributed by atoms with van der Waals surface area (Å²) in [6, 6.07) is 5.16. The summed E-state index contributed by atoms with van der Waals surface area (Å²) in [5, 5.41) is 3.59. The van der Waals surface area contributed by atoms with Gasteiger partial charge in [-0.05, 0) is 30.0 Å². The highest BCUT2D eigenvalue weighted by Gasteiger charge is 2.12. The average Bonchev–Trinajstić information content (AvgIpc) is 2.28. The van der Waals surface area contributed by atoms with Crippen molar-refractivity contribution in [1.29, 1.82) is 0 Å². The van der Waals surface area contributed by atoms with Crippen LogP contribution < -0.4 is 5.32 Å². The molecular weight excluding hydrogens is 260 g/mol. The van der Waals surface area contributed by atoms with E-state index in [0.717, 1.165) is 12.0 Å². The predicted octanol–water partition coefficient (Wildman–Crippen LogP) is 4.22. The van der Waals surface area contributed by atoms with Gasteiger partial charge in [0.05, 0.1) is 5.02 Å². The summed E-state index contributed by atoms with van der Waals surface area (Å²) in [5.74, 6) is 0.779. The number of alkyl halides is 1. The van der Waals surface area contributed by atoms with Crippen LogP contribution in [0.4, 0.5) is 4.39 Å². The van der Waals surface area contributed by atoms with Gasteiger partial charge in [-0.3, -0.25) is 0 Å². The summed E-state index contributed by atoms with van der Waals surface area (Å²) in [6.07, 6.45) is 0.925. The molecule has 0 heterocycles. The van der Waals surface area contributed by atoms with Gasteiger partial charge in [0.25, 0.3) is 0 Å². The second-order valence-electron chi connectivity index (χ2n) is 4.46. The summed E-state index contributed by atoms with van der Waals surface area (Å²) >= 11 is 11.5. The van der Waals surface area contributed by atoms with E-state index in [4.69, 9.17) is 23.2 Å². The Bertz CT molecular complexity index is 355. The lowest BCUT2D eigenvalue weighted by molar-refractivity contribution is 0.389. The van der Waals surface area contributed by atoms with Gasteiger partial charge in [0, 0.05) is 18.5 Å². The summed E-state index contributed by atoms with van der Waals surface area (Å²) in [6.45, 7) is 4.99. The lowest BCUT2D eigenvalue weighted by Gasteiger charge is -2.21. The van der Waals surface area contributed by atoms with Crippen molar-refractivity contribution in [3.8, 4) is 0 Å². The van der Waals surface area contributed by atoms with Gasteiger partial charge >= 0.3 is 0 Å². The fraction of sp³-hybridized carbons (Fsp3) is 0.538. The van der Waals surface area contributed by atoms with E-state index >= 15 is 0 Å². The molecule has 1 rings (SSSR count). The molecule has 4 heteroatoms. The molecule has 96 valence electrons. The molecule has 0 aliphatic rings. The molecule has 1 aromatic rings. The molecule has 0 aliphatic carbocycles. The molecule has 17 heavy (non-hydrogen) atoms. The van der Waals surface area contributed by atoms with E-state index in [0.29, 0.717) is 24.4 Å². The van der Waals surface area contributed by atoms with Gasteiger partial charge in [-0.2, -0.15) is 0 Å². The number of hydrogen-bond donors (Lipinski definition) is 1. The van der Waals surface area contributed by atoms with Crippen LogP contribution in [0.1, 0.15) is 25.8 Å². The zero-order chi connectivity index (χ0) is 12.8. The second-order valence-corrected chi connectivity index (χ2v) is 5.24. The third-order valence-electron chi connectivity index (χ3n) is 2.78. The first-order valence-corrected chi connectivity index (χ1v) is 6.69. The van der Waals surface area contributed by atoms with Crippen molar-refractivity contribution in [3.05, 3.63) is 34.6 Å². The van der Waals surface area contributed by atoms with Crippen molar-refractivity contribution < 1.29 is 4.39 Å². The predicted molar refractivity (Wildman–Crippen MR) is 72.2 cm³/mol. The Kier molecular flexibility index (Phi) is 6.24. The van der Waals surface area contributed by atoms with Crippen LogP contribution >= 0.6 is 23.2 Å². The highest BCUT2D eigenvalue weighted by Crippen LogP contribution is 2.16. The van der Waals surface area contributed by atoms with Gasteiger partial charge in [-0.15, -0.1) is 11.6 Å². The van der Waals surface area contributed by atoms with E-state index in [2.05, 4.69) is 19.2 Å². The van der Waals surface area contributed by atoms with Crippen molar-refractivity contribution in [3.63, 3.8) is 0 Å². The molecule has 0 saturated carbocycles. The van der Waals surface area contributed by atoms with Gasteiger partial charge in [-0.1, -0.05) is 31.5 Å². The molecule has 0 spiro atoms. The fourth-order valence-electron chi connectivity index (χ4n) is 1.69. The molecule has 0 aromatic heterocycles. The van der Waals surface area contributed by atoms with Crippen molar-refractivity contribution in [2.75, 3.05) is 5.88 Å².